The zero-order valence-corrected chi connectivity index (χ0v) is 14.6. The molecule has 1 heterocycles. The summed E-state index contributed by atoms with van der Waals surface area (Å²) in [6, 6.07) is 19.3. The number of benzene rings is 3. The first-order valence-electron chi connectivity index (χ1n) is 8.47. The van der Waals surface area contributed by atoms with Gasteiger partial charge < -0.3 is 9.64 Å². The number of methoxy groups -OCH3 is 1. The van der Waals surface area contributed by atoms with E-state index in [2.05, 4.69) is 0 Å². The lowest BCUT2D eigenvalue weighted by Crippen LogP contribution is -2.36. The number of nitrogens with zero attached hydrogens (tertiary/aromatic N) is 1. The second-order valence-corrected chi connectivity index (χ2v) is 6.30. The molecule has 0 aliphatic carbocycles. The molecule has 1 amide bonds. The Morgan fingerprint density at radius 3 is 2.46 bits per heavy atom. The number of carbonyl (C=O) groups is 1. The molecule has 1 aliphatic heterocycles. The quantitative estimate of drug-likeness (QED) is 0.636. The smallest absolute Gasteiger partial charge is 0.258 e. The van der Waals surface area contributed by atoms with Gasteiger partial charge in [-0.1, -0.05) is 30.3 Å². The molecule has 0 bridgehead atoms. The molecule has 4 rings (SSSR count). The average molecular weight is 347 g/mol. The Hall–Kier alpha value is -3.14. The Kier molecular flexibility index (Phi) is 3.96. The zero-order chi connectivity index (χ0) is 18.3. The third-order valence-electron chi connectivity index (χ3n) is 4.87. The molecule has 0 aromatic heterocycles. The van der Waals surface area contributed by atoms with E-state index in [1.165, 1.54) is 6.07 Å². The van der Waals surface area contributed by atoms with Gasteiger partial charge in [0.15, 0.2) is 0 Å². The minimum absolute atomic E-state index is 0.165. The van der Waals surface area contributed by atoms with Gasteiger partial charge in [-0.2, -0.15) is 0 Å². The predicted octanol–water partition coefficient (Wildman–Crippen LogP) is 5.22. The van der Waals surface area contributed by atoms with Gasteiger partial charge in [-0.3, -0.25) is 4.79 Å². The van der Waals surface area contributed by atoms with Gasteiger partial charge >= 0.3 is 0 Å². The van der Waals surface area contributed by atoms with Gasteiger partial charge in [-0.05, 0) is 54.4 Å². The van der Waals surface area contributed by atoms with E-state index in [1.807, 2.05) is 31.2 Å². The number of hydrogen-bond acceptors (Lipinski definition) is 2. The topological polar surface area (TPSA) is 29.5 Å². The van der Waals surface area contributed by atoms with Crippen LogP contribution >= 0.6 is 0 Å². The lowest BCUT2D eigenvalue weighted by atomic mass is 9.88. The molecule has 4 heteroatoms. The van der Waals surface area contributed by atoms with Crippen molar-refractivity contribution in [3.05, 3.63) is 83.7 Å². The van der Waals surface area contributed by atoms with Crippen molar-refractivity contribution < 1.29 is 13.9 Å². The summed E-state index contributed by atoms with van der Waals surface area (Å²) in [4.78, 5) is 14.9. The normalized spacial score (nSPS) is 15.2. The van der Waals surface area contributed by atoms with Crippen LogP contribution in [0.1, 0.15) is 28.9 Å². The monoisotopic (exact) mass is 347 g/mol. The first kappa shape index (κ1) is 16.3. The summed E-state index contributed by atoms with van der Waals surface area (Å²) < 4.78 is 19.8. The molecular weight excluding hydrogens is 329 g/mol. The Morgan fingerprint density at radius 1 is 1.00 bits per heavy atom. The van der Waals surface area contributed by atoms with E-state index in [4.69, 9.17) is 4.74 Å². The van der Waals surface area contributed by atoms with E-state index in [-0.39, 0.29) is 17.8 Å². The molecule has 0 spiro atoms. The summed E-state index contributed by atoms with van der Waals surface area (Å²) in [6.07, 6.45) is 0. The Balaban J connectivity index is 1.87. The highest BCUT2D eigenvalue weighted by atomic mass is 19.1. The van der Waals surface area contributed by atoms with Crippen molar-refractivity contribution in [2.24, 2.45) is 0 Å². The number of amides is 1. The van der Waals surface area contributed by atoms with Gasteiger partial charge in [0.1, 0.15) is 11.6 Å². The van der Waals surface area contributed by atoms with Gasteiger partial charge in [0, 0.05) is 11.1 Å². The van der Waals surface area contributed by atoms with Crippen molar-refractivity contribution in [1.82, 2.24) is 0 Å². The number of ether oxygens (including phenoxy) is 1. The molecule has 26 heavy (non-hydrogen) atoms. The summed E-state index contributed by atoms with van der Waals surface area (Å²) in [6.45, 7) is 1.97. The van der Waals surface area contributed by atoms with E-state index in [9.17, 15) is 9.18 Å². The van der Waals surface area contributed by atoms with Crippen molar-refractivity contribution in [3.8, 4) is 16.9 Å². The molecule has 3 nitrogen and oxygen atoms in total. The summed E-state index contributed by atoms with van der Waals surface area (Å²) in [5.41, 5.74) is 3.38. The van der Waals surface area contributed by atoms with E-state index in [0.29, 0.717) is 22.6 Å². The SMILES string of the molecule is COc1ccc(C(=O)N2c3cccc(F)c3-c3ccccc3C2C)cc1. The highest BCUT2D eigenvalue weighted by Gasteiger charge is 2.34. The third kappa shape index (κ3) is 2.46. The van der Waals surface area contributed by atoms with Crippen LogP contribution in [0.25, 0.3) is 11.1 Å². The van der Waals surface area contributed by atoms with Gasteiger partial charge in [-0.25, -0.2) is 4.39 Å². The zero-order valence-electron chi connectivity index (χ0n) is 14.6. The second-order valence-electron chi connectivity index (χ2n) is 6.30. The van der Waals surface area contributed by atoms with Crippen LogP contribution in [0.4, 0.5) is 10.1 Å². The van der Waals surface area contributed by atoms with Crippen molar-refractivity contribution in [2.75, 3.05) is 12.0 Å². The van der Waals surface area contributed by atoms with Crippen LogP contribution in [0.15, 0.2) is 66.7 Å². The second kappa shape index (κ2) is 6.30. The molecule has 130 valence electrons. The van der Waals surface area contributed by atoms with Gasteiger partial charge in [0.05, 0.1) is 18.8 Å². The van der Waals surface area contributed by atoms with Crippen LogP contribution in [0, 0.1) is 5.82 Å². The van der Waals surface area contributed by atoms with E-state index in [0.717, 1.165) is 11.1 Å². The van der Waals surface area contributed by atoms with Gasteiger partial charge in [-0.15, -0.1) is 0 Å². The Morgan fingerprint density at radius 2 is 1.73 bits per heavy atom. The van der Waals surface area contributed by atoms with Crippen molar-refractivity contribution >= 4 is 11.6 Å². The van der Waals surface area contributed by atoms with E-state index in [1.54, 1.807) is 48.4 Å². The third-order valence-corrected chi connectivity index (χ3v) is 4.87. The maximum Gasteiger partial charge on any atom is 0.258 e. The maximum absolute atomic E-state index is 14.7. The van der Waals surface area contributed by atoms with Crippen LogP contribution in [0.2, 0.25) is 0 Å². The molecular formula is C22H18FNO2. The number of carbonyl (C=O) groups excluding carboxylic acids is 1. The Bertz CT molecular complexity index is 982. The van der Waals surface area contributed by atoms with Crippen LogP contribution in [0.5, 0.6) is 5.75 Å². The summed E-state index contributed by atoms with van der Waals surface area (Å²) in [5.74, 6) is 0.195. The van der Waals surface area contributed by atoms with Gasteiger partial charge in [0.25, 0.3) is 5.91 Å². The number of fused-ring (bicyclic) bond motifs is 3. The lowest BCUT2D eigenvalue weighted by Gasteiger charge is -2.37. The fourth-order valence-electron chi connectivity index (χ4n) is 3.57. The Labute approximate surface area is 151 Å². The fourth-order valence-corrected chi connectivity index (χ4v) is 3.57. The molecule has 0 fully saturated rings. The predicted molar refractivity (Wildman–Crippen MR) is 100 cm³/mol. The summed E-state index contributed by atoms with van der Waals surface area (Å²) >= 11 is 0. The van der Waals surface area contributed by atoms with Crippen LogP contribution in [-0.4, -0.2) is 13.0 Å². The van der Waals surface area contributed by atoms with Gasteiger partial charge in [0.2, 0.25) is 0 Å². The molecule has 1 atom stereocenters. The van der Waals surface area contributed by atoms with Crippen LogP contribution in [-0.2, 0) is 0 Å². The molecule has 0 radical (unpaired) electrons. The molecule has 0 saturated heterocycles. The lowest BCUT2D eigenvalue weighted by molar-refractivity contribution is 0.0978. The average Bonchev–Trinajstić information content (AvgIpc) is 2.68. The first-order chi connectivity index (χ1) is 12.6. The summed E-state index contributed by atoms with van der Waals surface area (Å²) in [7, 11) is 1.58. The number of halogens is 1. The van der Waals surface area contributed by atoms with E-state index >= 15 is 0 Å². The highest BCUT2D eigenvalue weighted by molar-refractivity contribution is 6.10. The molecule has 0 saturated carbocycles. The summed E-state index contributed by atoms with van der Waals surface area (Å²) in [5, 5.41) is 0. The molecule has 0 N–H and O–H groups in total. The fraction of sp³-hybridized carbons (Fsp3) is 0.136. The van der Waals surface area contributed by atoms with Crippen LogP contribution < -0.4 is 9.64 Å². The number of rotatable bonds is 2. The van der Waals surface area contributed by atoms with Crippen LogP contribution in [0.3, 0.4) is 0 Å². The number of anilines is 1. The molecule has 1 aliphatic rings. The first-order valence-corrected chi connectivity index (χ1v) is 8.47. The van der Waals surface area contributed by atoms with E-state index < -0.39 is 0 Å². The molecule has 1 unspecified atom stereocenters. The largest absolute Gasteiger partial charge is 0.497 e. The van der Waals surface area contributed by atoms with Crippen molar-refractivity contribution in [2.45, 2.75) is 13.0 Å². The van der Waals surface area contributed by atoms with Crippen molar-refractivity contribution in [1.29, 1.82) is 0 Å². The molecule has 3 aromatic rings. The maximum atomic E-state index is 14.7. The number of hydrogen-bond donors (Lipinski definition) is 0. The highest BCUT2D eigenvalue weighted by Crippen LogP contribution is 2.46. The standard InChI is InChI=1S/C22H18FNO2/c1-14-17-6-3-4-7-18(17)21-19(23)8-5-9-20(21)24(14)22(25)15-10-12-16(26-2)13-11-15/h3-14H,1-2H3. The minimum Gasteiger partial charge on any atom is -0.497 e. The van der Waals surface area contributed by atoms with Crippen molar-refractivity contribution in [3.63, 3.8) is 0 Å². The minimum atomic E-state index is -0.325. The molecule has 3 aromatic carbocycles.